The summed E-state index contributed by atoms with van der Waals surface area (Å²) in [4.78, 5) is 24.5. The Morgan fingerprint density at radius 1 is 1.21 bits per heavy atom. The van der Waals surface area contributed by atoms with Crippen LogP contribution in [0.4, 0.5) is 0 Å². The predicted molar refractivity (Wildman–Crippen MR) is 91.8 cm³/mol. The maximum absolute atomic E-state index is 12.3. The van der Waals surface area contributed by atoms with Gasteiger partial charge < -0.3 is 5.32 Å². The molecule has 0 spiro atoms. The van der Waals surface area contributed by atoms with E-state index in [2.05, 4.69) is 10.4 Å². The number of aryl methyl sites for hydroxylation is 1. The van der Waals surface area contributed by atoms with Crippen LogP contribution in [0.3, 0.4) is 0 Å². The fraction of sp³-hybridized carbons (Fsp3) is 0.278. The maximum atomic E-state index is 12.3. The summed E-state index contributed by atoms with van der Waals surface area (Å²) < 4.78 is 2.61. The Hall–Kier alpha value is -2.89. The van der Waals surface area contributed by atoms with Crippen LogP contribution in [0.2, 0.25) is 0 Å². The monoisotopic (exact) mass is 324 g/mol. The molecule has 0 radical (unpaired) electrons. The maximum Gasteiger partial charge on any atom is 0.350 e. The van der Waals surface area contributed by atoms with E-state index in [0.29, 0.717) is 5.65 Å². The van der Waals surface area contributed by atoms with Gasteiger partial charge in [0, 0.05) is 6.20 Å². The lowest BCUT2D eigenvalue weighted by molar-refractivity contribution is -0.122. The van der Waals surface area contributed by atoms with E-state index >= 15 is 0 Å². The van der Waals surface area contributed by atoms with Crippen LogP contribution >= 0.6 is 0 Å². The molecule has 1 atom stereocenters. The summed E-state index contributed by atoms with van der Waals surface area (Å²) in [5, 5.41) is 7.15. The molecule has 0 aliphatic carbocycles. The second-order valence-electron chi connectivity index (χ2n) is 5.81. The fourth-order valence-corrected chi connectivity index (χ4v) is 2.67. The van der Waals surface area contributed by atoms with E-state index < -0.39 is 0 Å². The number of nitrogens with one attached hydrogen (secondary N) is 1. The van der Waals surface area contributed by atoms with Gasteiger partial charge in [-0.15, -0.1) is 5.10 Å². The Morgan fingerprint density at radius 3 is 2.62 bits per heavy atom. The first-order valence-electron chi connectivity index (χ1n) is 7.98. The van der Waals surface area contributed by atoms with Crippen LogP contribution in [-0.4, -0.2) is 20.1 Å². The molecule has 0 saturated heterocycles. The van der Waals surface area contributed by atoms with Crippen molar-refractivity contribution < 1.29 is 4.79 Å². The van der Waals surface area contributed by atoms with Gasteiger partial charge >= 0.3 is 5.69 Å². The summed E-state index contributed by atoms with van der Waals surface area (Å²) in [6, 6.07) is 13.3. The van der Waals surface area contributed by atoms with E-state index in [1.165, 1.54) is 14.6 Å². The molecule has 6 heteroatoms. The molecule has 1 aromatic carbocycles. The van der Waals surface area contributed by atoms with Gasteiger partial charge in [-0.25, -0.2) is 9.48 Å². The molecule has 0 bridgehead atoms. The van der Waals surface area contributed by atoms with Gasteiger partial charge in [-0.05, 0) is 31.0 Å². The lowest BCUT2D eigenvalue weighted by atomic mass is 10.0. The number of nitrogens with zero attached hydrogens (tertiary/aromatic N) is 3. The Kier molecular flexibility index (Phi) is 4.46. The lowest BCUT2D eigenvalue weighted by Crippen LogP contribution is -2.34. The summed E-state index contributed by atoms with van der Waals surface area (Å²) in [6.45, 7) is 3.95. The zero-order valence-corrected chi connectivity index (χ0v) is 13.8. The zero-order chi connectivity index (χ0) is 17.1. The molecule has 6 nitrogen and oxygen atoms in total. The molecular weight excluding hydrogens is 304 g/mol. The number of benzene rings is 1. The normalized spacial score (nSPS) is 12.2. The third-order valence-electron chi connectivity index (χ3n) is 4.00. The predicted octanol–water partition coefficient (Wildman–Crippen LogP) is 2.07. The Balaban J connectivity index is 1.75. The fourth-order valence-electron chi connectivity index (χ4n) is 2.67. The van der Waals surface area contributed by atoms with Crippen LogP contribution in [-0.2, 0) is 11.3 Å². The van der Waals surface area contributed by atoms with Crippen molar-refractivity contribution in [3.63, 3.8) is 0 Å². The average molecular weight is 324 g/mol. The SMILES string of the molecule is CCC(NC(=O)Cn1nc2ccccn2c1=O)c1ccc(C)cc1. The van der Waals surface area contributed by atoms with Crippen molar-refractivity contribution in [2.75, 3.05) is 0 Å². The molecule has 124 valence electrons. The van der Waals surface area contributed by atoms with Gasteiger partial charge in [0.05, 0.1) is 6.04 Å². The molecule has 0 aliphatic heterocycles. The summed E-state index contributed by atoms with van der Waals surface area (Å²) in [5.41, 5.74) is 2.44. The van der Waals surface area contributed by atoms with Crippen LogP contribution in [0.5, 0.6) is 0 Å². The van der Waals surface area contributed by atoms with Crippen LogP contribution in [0.1, 0.15) is 30.5 Å². The number of amides is 1. The van der Waals surface area contributed by atoms with Crippen LogP contribution in [0.25, 0.3) is 5.65 Å². The number of hydrogen-bond acceptors (Lipinski definition) is 3. The molecule has 1 unspecified atom stereocenters. The zero-order valence-electron chi connectivity index (χ0n) is 13.8. The minimum atomic E-state index is -0.316. The van der Waals surface area contributed by atoms with E-state index in [4.69, 9.17) is 0 Å². The minimum Gasteiger partial charge on any atom is -0.348 e. The molecule has 1 amide bonds. The quantitative estimate of drug-likeness (QED) is 0.781. The second-order valence-corrected chi connectivity index (χ2v) is 5.81. The van der Waals surface area contributed by atoms with E-state index in [1.807, 2.05) is 38.1 Å². The van der Waals surface area contributed by atoms with Gasteiger partial charge in [-0.2, -0.15) is 0 Å². The van der Waals surface area contributed by atoms with Crippen molar-refractivity contribution in [1.82, 2.24) is 19.5 Å². The van der Waals surface area contributed by atoms with Crippen LogP contribution in [0.15, 0.2) is 53.5 Å². The van der Waals surface area contributed by atoms with Crippen molar-refractivity contribution in [3.05, 3.63) is 70.3 Å². The van der Waals surface area contributed by atoms with Crippen molar-refractivity contribution in [1.29, 1.82) is 0 Å². The highest BCUT2D eigenvalue weighted by Crippen LogP contribution is 2.17. The number of carbonyl (C=O) groups excluding carboxylic acids is 1. The molecule has 1 N–H and O–H groups in total. The van der Waals surface area contributed by atoms with Crippen LogP contribution < -0.4 is 11.0 Å². The largest absolute Gasteiger partial charge is 0.350 e. The minimum absolute atomic E-state index is 0.0779. The van der Waals surface area contributed by atoms with E-state index in [1.54, 1.807) is 24.4 Å². The van der Waals surface area contributed by atoms with Gasteiger partial charge in [-0.3, -0.25) is 9.20 Å². The first-order valence-corrected chi connectivity index (χ1v) is 7.98. The van der Waals surface area contributed by atoms with Crippen molar-refractivity contribution in [2.24, 2.45) is 0 Å². The first-order chi connectivity index (χ1) is 11.6. The molecule has 2 aromatic heterocycles. The summed E-state index contributed by atoms with van der Waals surface area (Å²) >= 11 is 0. The number of pyridine rings is 1. The molecule has 0 fully saturated rings. The van der Waals surface area contributed by atoms with Crippen LogP contribution in [0, 0.1) is 6.92 Å². The Labute approximate surface area is 139 Å². The molecule has 24 heavy (non-hydrogen) atoms. The number of fused-ring (bicyclic) bond motifs is 1. The molecule has 3 aromatic rings. The van der Waals surface area contributed by atoms with Gasteiger partial charge in [0.15, 0.2) is 5.65 Å². The van der Waals surface area contributed by atoms with Crippen molar-refractivity contribution >= 4 is 11.6 Å². The Bertz CT molecular complexity index is 909. The topological polar surface area (TPSA) is 68.4 Å². The third kappa shape index (κ3) is 3.22. The molecule has 0 saturated carbocycles. The highest BCUT2D eigenvalue weighted by molar-refractivity contribution is 5.76. The number of rotatable bonds is 5. The smallest absolute Gasteiger partial charge is 0.348 e. The highest BCUT2D eigenvalue weighted by atomic mass is 16.2. The summed E-state index contributed by atoms with van der Waals surface area (Å²) in [5.74, 6) is -0.229. The van der Waals surface area contributed by atoms with E-state index in [9.17, 15) is 9.59 Å². The molecule has 3 rings (SSSR count). The number of aromatic nitrogens is 3. The average Bonchev–Trinajstić information content (AvgIpc) is 2.90. The lowest BCUT2D eigenvalue weighted by Gasteiger charge is -2.17. The van der Waals surface area contributed by atoms with E-state index in [0.717, 1.165) is 12.0 Å². The second kappa shape index (κ2) is 6.70. The van der Waals surface area contributed by atoms with Gasteiger partial charge in [0.2, 0.25) is 5.91 Å². The van der Waals surface area contributed by atoms with Gasteiger partial charge in [0.1, 0.15) is 6.54 Å². The van der Waals surface area contributed by atoms with Crippen molar-refractivity contribution in [3.8, 4) is 0 Å². The Morgan fingerprint density at radius 2 is 1.96 bits per heavy atom. The standard InChI is InChI=1S/C18H20N4O2/c1-3-15(14-9-7-13(2)8-10-14)19-17(23)12-22-18(24)21-11-5-4-6-16(21)20-22/h4-11,15H,3,12H2,1-2H3,(H,19,23). The number of carbonyl (C=O) groups is 1. The van der Waals surface area contributed by atoms with Gasteiger partial charge in [0.25, 0.3) is 0 Å². The highest BCUT2D eigenvalue weighted by Gasteiger charge is 2.15. The summed E-state index contributed by atoms with van der Waals surface area (Å²) in [7, 11) is 0. The van der Waals surface area contributed by atoms with E-state index in [-0.39, 0.29) is 24.2 Å². The summed E-state index contributed by atoms with van der Waals surface area (Å²) in [6.07, 6.45) is 2.41. The van der Waals surface area contributed by atoms with Crippen molar-refractivity contribution in [2.45, 2.75) is 32.9 Å². The first kappa shape index (κ1) is 16.0. The molecule has 0 aliphatic rings. The molecular formula is C18H20N4O2. The molecule has 2 heterocycles. The third-order valence-corrected chi connectivity index (χ3v) is 4.00. The van der Waals surface area contributed by atoms with Gasteiger partial charge in [-0.1, -0.05) is 42.8 Å². The number of hydrogen-bond donors (Lipinski definition) is 1.